The molecule has 1 aliphatic rings. The Hall–Kier alpha value is -3.54. The predicted molar refractivity (Wildman–Crippen MR) is 83.6 cm³/mol. The van der Waals surface area contributed by atoms with Crippen molar-refractivity contribution in [2.75, 3.05) is 0 Å². The quantitative estimate of drug-likeness (QED) is 0.839. The zero-order chi connectivity index (χ0) is 17.1. The van der Waals surface area contributed by atoms with Crippen LogP contribution in [0.1, 0.15) is 0 Å². The lowest BCUT2D eigenvalue weighted by Gasteiger charge is -2.14. The molecule has 0 bridgehead atoms. The minimum absolute atomic E-state index is 0.0619. The first kappa shape index (κ1) is 15.4. The summed E-state index contributed by atoms with van der Waals surface area (Å²) in [4.78, 5) is 24.1. The second kappa shape index (κ2) is 6.29. The van der Waals surface area contributed by atoms with Gasteiger partial charge in [0.2, 0.25) is 11.6 Å². The van der Waals surface area contributed by atoms with E-state index in [1.165, 1.54) is 48.5 Å². The fourth-order valence-corrected chi connectivity index (χ4v) is 1.96. The van der Waals surface area contributed by atoms with E-state index in [1.807, 2.05) is 0 Å². The average molecular weight is 324 g/mol. The third-order valence-corrected chi connectivity index (χ3v) is 3.14. The highest BCUT2D eigenvalue weighted by molar-refractivity contribution is 6.18. The fourth-order valence-electron chi connectivity index (χ4n) is 1.96. The van der Waals surface area contributed by atoms with Crippen molar-refractivity contribution in [3.8, 4) is 23.0 Å². The number of phenolic OH excluding ortho intramolecular Hbond substituents is 2. The van der Waals surface area contributed by atoms with Gasteiger partial charge < -0.3 is 19.7 Å². The van der Waals surface area contributed by atoms with Crippen molar-refractivity contribution < 1.29 is 29.3 Å². The maximum Gasteiger partial charge on any atom is 0.225 e. The van der Waals surface area contributed by atoms with Gasteiger partial charge in [0.1, 0.15) is 23.0 Å². The van der Waals surface area contributed by atoms with E-state index in [0.717, 1.165) is 12.2 Å². The Bertz CT molecular complexity index is 771. The summed E-state index contributed by atoms with van der Waals surface area (Å²) in [6, 6.07) is 11.5. The number of carbonyl (C=O) groups is 2. The van der Waals surface area contributed by atoms with Crippen LogP contribution in [0.5, 0.6) is 23.0 Å². The number of carbonyl (C=O) groups excluding carboxylic acids is 2. The van der Waals surface area contributed by atoms with E-state index in [9.17, 15) is 19.8 Å². The predicted octanol–water partition coefficient (Wildman–Crippen LogP) is 2.48. The molecule has 0 fully saturated rings. The van der Waals surface area contributed by atoms with Crippen LogP contribution < -0.4 is 9.47 Å². The third-order valence-electron chi connectivity index (χ3n) is 3.14. The summed E-state index contributed by atoms with van der Waals surface area (Å²) in [5, 5.41) is 18.4. The van der Waals surface area contributed by atoms with Crippen LogP contribution in [0.4, 0.5) is 0 Å². The van der Waals surface area contributed by atoms with E-state index >= 15 is 0 Å². The number of ketones is 2. The Labute approximate surface area is 136 Å². The van der Waals surface area contributed by atoms with Crippen LogP contribution >= 0.6 is 0 Å². The maximum atomic E-state index is 12.1. The minimum Gasteiger partial charge on any atom is -0.508 e. The number of rotatable bonds is 4. The molecule has 0 radical (unpaired) electrons. The first-order valence-electron chi connectivity index (χ1n) is 6.97. The van der Waals surface area contributed by atoms with Gasteiger partial charge in [-0.15, -0.1) is 0 Å². The average Bonchev–Trinajstić information content (AvgIpc) is 2.56. The Kier molecular flexibility index (Phi) is 4.03. The lowest BCUT2D eigenvalue weighted by atomic mass is 10.1. The number of hydrogen-bond donors (Lipinski definition) is 2. The van der Waals surface area contributed by atoms with E-state index in [0.29, 0.717) is 11.5 Å². The van der Waals surface area contributed by atoms with Crippen molar-refractivity contribution in [3.05, 3.63) is 72.2 Å². The van der Waals surface area contributed by atoms with Crippen molar-refractivity contribution in [1.82, 2.24) is 0 Å². The van der Waals surface area contributed by atoms with Gasteiger partial charge >= 0.3 is 0 Å². The van der Waals surface area contributed by atoms with E-state index in [4.69, 9.17) is 9.47 Å². The molecule has 0 heterocycles. The third kappa shape index (κ3) is 3.44. The molecule has 0 atom stereocenters. The molecule has 1 aliphatic carbocycles. The fraction of sp³-hybridized carbons (Fsp3) is 0. The molecule has 0 saturated carbocycles. The van der Waals surface area contributed by atoms with Gasteiger partial charge in [0.15, 0.2) is 11.5 Å². The molecule has 0 saturated heterocycles. The summed E-state index contributed by atoms with van der Waals surface area (Å²) in [6.07, 6.45) is 2.09. The largest absolute Gasteiger partial charge is 0.508 e. The Morgan fingerprint density at radius 3 is 1.25 bits per heavy atom. The van der Waals surface area contributed by atoms with Crippen LogP contribution in [0.15, 0.2) is 72.2 Å². The van der Waals surface area contributed by atoms with Gasteiger partial charge in [0.05, 0.1) is 0 Å². The number of phenols is 2. The van der Waals surface area contributed by atoms with Crippen molar-refractivity contribution >= 4 is 11.6 Å². The second-order valence-corrected chi connectivity index (χ2v) is 4.94. The number of ether oxygens (including phenoxy) is 2. The van der Waals surface area contributed by atoms with Crippen LogP contribution in [0, 0.1) is 0 Å². The van der Waals surface area contributed by atoms with Crippen LogP contribution in [0.25, 0.3) is 0 Å². The molecule has 0 unspecified atom stereocenters. The molecular formula is C18H12O6. The van der Waals surface area contributed by atoms with Crippen LogP contribution in [0.2, 0.25) is 0 Å². The summed E-state index contributed by atoms with van der Waals surface area (Å²) >= 11 is 0. The monoisotopic (exact) mass is 324 g/mol. The van der Waals surface area contributed by atoms with Gasteiger partial charge in [-0.25, -0.2) is 0 Å². The first-order valence-corrected chi connectivity index (χ1v) is 6.97. The second-order valence-electron chi connectivity index (χ2n) is 4.94. The van der Waals surface area contributed by atoms with Gasteiger partial charge in [0.25, 0.3) is 0 Å². The number of hydrogen-bond acceptors (Lipinski definition) is 6. The minimum atomic E-state index is -0.517. The SMILES string of the molecule is O=C1C=C(Oc2ccc(O)cc2)C(=O)C=C1Oc1ccc(O)cc1. The number of allylic oxidation sites excluding steroid dienone is 2. The van der Waals surface area contributed by atoms with Gasteiger partial charge in [-0.2, -0.15) is 0 Å². The van der Waals surface area contributed by atoms with E-state index in [2.05, 4.69) is 0 Å². The topological polar surface area (TPSA) is 93.1 Å². The molecular weight excluding hydrogens is 312 g/mol. The molecule has 24 heavy (non-hydrogen) atoms. The van der Waals surface area contributed by atoms with E-state index in [1.54, 1.807) is 0 Å². The zero-order valence-corrected chi connectivity index (χ0v) is 12.3. The molecule has 6 nitrogen and oxygen atoms in total. The molecule has 0 aliphatic heterocycles. The molecule has 120 valence electrons. The molecule has 0 amide bonds. The van der Waals surface area contributed by atoms with Crippen molar-refractivity contribution in [2.24, 2.45) is 0 Å². The van der Waals surface area contributed by atoms with Gasteiger partial charge in [0, 0.05) is 12.2 Å². The van der Waals surface area contributed by atoms with Crippen molar-refractivity contribution in [2.45, 2.75) is 0 Å². The summed E-state index contributed by atoms with van der Waals surface area (Å²) < 4.78 is 10.7. The smallest absolute Gasteiger partial charge is 0.225 e. The molecule has 3 rings (SSSR count). The summed E-state index contributed by atoms with van der Waals surface area (Å²) in [5.41, 5.74) is 0. The van der Waals surface area contributed by atoms with Crippen LogP contribution in [0.3, 0.4) is 0 Å². The lowest BCUT2D eigenvalue weighted by Crippen LogP contribution is -2.19. The standard InChI is InChI=1S/C18H12O6/c19-11-1-5-13(6-2-11)23-17-9-16(22)18(10-15(17)21)24-14-7-3-12(20)4-8-14/h1-10,19-20H. The lowest BCUT2D eigenvalue weighted by molar-refractivity contribution is -0.117. The molecule has 0 spiro atoms. The Morgan fingerprint density at radius 2 is 0.917 bits per heavy atom. The Balaban J connectivity index is 1.73. The maximum absolute atomic E-state index is 12.1. The highest BCUT2D eigenvalue weighted by Gasteiger charge is 2.24. The number of aromatic hydroxyl groups is 2. The van der Waals surface area contributed by atoms with Crippen molar-refractivity contribution in [3.63, 3.8) is 0 Å². The zero-order valence-electron chi connectivity index (χ0n) is 12.3. The molecule has 2 N–H and O–H groups in total. The summed E-state index contributed by atoms with van der Waals surface area (Å²) in [5.74, 6) is -0.549. The Morgan fingerprint density at radius 1 is 0.583 bits per heavy atom. The van der Waals surface area contributed by atoms with E-state index in [-0.39, 0.29) is 23.0 Å². The molecule has 2 aromatic rings. The first-order chi connectivity index (χ1) is 11.5. The normalized spacial score (nSPS) is 14.0. The highest BCUT2D eigenvalue weighted by Crippen LogP contribution is 2.23. The van der Waals surface area contributed by atoms with Crippen LogP contribution in [-0.4, -0.2) is 21.8 Å². The van der Waals surface area contributed by atoms with Crippen LogP contribution in [-0.2, 0) is 9.59 Å². The molecule has 2 aromatic carbocycles. The van der Waals surface area contributed by atoms with Gasteiger partial charge in [-0.3, -0.25) is 9.59 Å². The highest BCUT2D eigenvalue weighted by atomic mass is 16.5. The van der Waals surface area contributed by atoms with E-state index < -0.39 is 11.6 Å². The summed E-state index contributed by atoms with van der Waals surface area (Å²) in [6.45, 7) is 0. The number of benzene rings is 2. The molecule has 0 aromatic heterocycles. The van der Waals surface area contributed by atoms with Gasteiger partial charge in [-0.1, -0.05) is 0 Å². The van der Waals surface area contributed by atoms with Gasteiger partial charge in [-0.05, 0) is 48.5 Å². The summed E-state index contributed by atoms with van der Waals surface area (Å²) in [7, 11) is 0. The molecule has 6 heteroatoms. The van der Waals surface area contributed by atoms with Crippen molar-refractivity contribution in [1.29, 1.82) is 0 Å².